The fourth-order valence-electron chi connectivity index (χ4n) is 2.01. The molecule has 0 bridgehead atoms. The lowest BCUT2D eigenvalue weighted by atomic mass is 10.3. The second-order valence-corrected chi connectivity index (χ2v) is 4.90. The predicted octanol–water partition coefficient (Wildman–Crippen LogP) is 0.585. The predicted molar refractivity (Wildman–Crippen MR) is 68.5 cm³/mol. The van der Waals surface area contributed by atoms with Crippen LogP contribution < -0.4 is 5.32 Å². The Balaban J connectivity index is 2.33. The van der Waals surface area contributed by atoms with Gasteiger partial charge < -0.3 is 15.3 Å². The molecule has 1 aliphatic rings. The lowest BCUT2D eigenvalue weighted by molar-refractivity contribution is -0.141. The Bertz CT molecular complexity index is 303. The number of carbonyl (C=O) groups is 2. The fourth-order valence-corrected chi connectivity index (χ4v) is 2.01. The second kappa shape index (κ2) is 6.58. The Morgan fingerprint density at radius 1 is 1.33 bits per heavy atom. The van der Waals surface area contributed by atoms with Crippen LogP contribution in [0.4, 0.5) is 4.79 Å². The van der Waals surface area contributed by atoms with Crippen LogP contribution in [0.3, 0.4) is 0 Å². The van der Waals surface area contributed by atoms with Crippen molar-refractivity contribution < 1.29 is 14.7 Å². The molecule has 2 N–H and O–H groups in total. The number of amides is 2. The smallest absolute Gasteiger partial charge is 0.326 e. The molecule has 1 heterocycles. The molecule has 18 heavy (non-hydrogen) atoms. The summed E-state index contributed by atoms with van der Waals surface area (Å²) in [5.74, 6) is -1.000. The number of aliphatic carboxylic acids is 1. The number of rotatable bonds is 5. The van der Waals surface area contributed by atoms with Crippen LogP contribution in [0.25, 0.3) is 0 Å². The topological polar surface area (TPSA) is 72.9 Å². The molecule has 1 aliphatic heterocycles. The van der Waals surface area contributed by atoms with E-state index in [1.54, 1.807) is 0 Å². The first kappa shape index (κ1) is 14.8. The molecular weight excluding hydrogens is 234 g/mol. The van der Waals surface area contributed by atoms with Gasteiger partial charge in [0.15, 0.2) is 0 Å². The number of nitrogens with one attached hydrogen (secondary N) is 1. The highest BCUT2D eigenvalue weighted by molar-refractivity contribution is 5.82. The van der Waals surface area contributed by atoms with Crippen LogP contribution in [0, 0.1) is 0 Å². The molecule has 0 spiro atoms. The van der Waals surface area contributed by atoms with Crippen molar-refractivity contribution in [3.63, 3.8) is 0 Å². The molecule has 0 aromatic heterocycles. The maximum Gasteiger partial charge on any atom is 0.326 e. The Labute approximate surface area is 108 Å². The quantitative estimate of drug-likeness (QED) is 0.756. The monoisotopic (exact) mass is 257 g/mol. The van der Waals surface area contributed by atoms with Crippen molar-refractivity contribution in [3.05, 3.63) is 0 Å². The summed E-state index contributed by atoms with van der Waals surface area (Å²) >= 11 is 0. The largest absolute Gasteiger partial charge is 0.480 e. The maximum absolute atomic E-state index is 11.7. The summed E-state index contributed by atoms with van der Waals surface area (Å²) in [6.45, 7) is 6.28. The van der Waals surface area contributed by atoms with Gasteiger partial charge in [-0.1, -0.05) is 0 Å². The van der Waals surface area contributed by atoms with Crippen LogP contribution in [0.1, 0.15) is 26.7 Å². The van der Waals surface area contributed by atoms with Gasteiger partial charge in [0, 0.05) is 19.6 Å². The fraction of sp³-hybridized carbons (Fsp3) is 0.833. The SMILES string of the molecule is CC(CNC(=O)N(C)C(C)C(=O)O)N1CCCC1. The average molecular weight is 257 g/mol. The molecule has 104 valence electrons. The minimum absolute atomic E-state index is 0.296. The van der Waals surface area contributed by atoms with Crippen molar-refractivity contribution in [1.82, 2.24) is 15.1 Å². The van der Waals surface area contributed by atoms with Crippen LogP contribution >= 0.6 is 0 Å². The van der Waals surface area contributed by atoms with E-state index in [0.29, 0.717) is 12.6 Å². The Morgan fingerprint density at radius 2 is 1.89 bits per heavy atom. The van der Waals surface area contributed by atoms with Gasteiger partial charge in [0.2, 0.25) is 0 Å². The summed E-state index contributed by atoms with van der Waals surface area (Å²) in [5, 5.41) is 11.6. The van der Waals surface area contributed by atoms with E-state index in [2.05, 4.69) is 17.1 Å². The molecule has 6 heteroatoms. The van der Waals surface area contributed by atoms with Crippen LogP contribution in [-0.2, 0) is 4.79 Å². The van der Waals surface area contributed by atoms with E-state index in [0.717, 1.165) is 13.1 Å². The molecule has 1 saturated heterocycles. The molecular formula is C12H23N3O3. The highest BCUT2D eigenvalue weighted by atomic mass is 16.4. The molecule has 2 unspecified atom stereocenters. The van der Waals surface area contributed by atoms with Crippen LogP contribution in [0.15, 0.2) is 0 Å². The van der Waals surface area contributed by atoms with E-state index < -0.39 is 12.0 Å². The number of nitrogens with zero attached hydrogens (tertiary/aromatic N) is 2. The minimum atomic E-state index is -1.000. The zero-order valence-corrected chi connectivity index (χ0v) is 11.3. The van der Waals surface area contributed by atoms with E-state index in [1.165, 1.54) is 31.7 Å². The number of urea groups is 1. The van der Waals surface area contributed by atoms with Gasteiger partial charge in [0.25, 0.3) is 0 Å². The normalized spacial score (nSPS) is 19.3. The summed E-state index contributed by atoms with van der Waals surface area (Å²) < 4.78 is 0. The minimum Gasteiger partial charge on any atom is -0.480 e. The van der Waals surface area contributed by atoms with Crippen molar-refractivity contribution >= 4 is 12.0 Å². The summed E-state index contributed by atoms with van der Waals surface area (Å²) in [6.07, 6.45) is 2.43. The first-order chi connectivity index (χ1) is 8.43. The molecule has 2 amide bonds. The van der Waals surface area contributed by atoms with Crippen molar-refractivity contribution in [2.75, 3.05) is 26.7 Å². The Morgan fingerprint density at radius 3 is 2.39 bits per heavy atom. The molecule has 0 aromatic rings. The van der Waals surface area contributed by atoms with Crippen LogP contribution in [-0.4, -0.2) is 65.7 Å². The molecule has 1 rings (SSSR count). The zero-order valence-electron chi connectivity index (χ0n) is 11.3. The highest BCUT2D eigenvalue weighted by Gasteiger charge is 2.23. The number of carbonyl (C=O) groups excluding carboxylic acids is 1. The van der Waals surface area contributed by atoms with Crippen LogP contribution in [0.2, 0.25) is 0 Å². The molecule has 0 aliphatic carbocycles. The standard InChI is InChI=1S/C12H23N3O3/c1-9(15-6-4-5-7-15)8-13-12(18)14(3)10(2)11(16)17/h9-10H,4-8H2,1-3H3,(H,13,18)(H,16,17). The van der Waals surface area contributed by atoms with E-state index in [-0.39, 0.29) is 6.03 Å². The number of carboxylic acids is 1. The molecule has 0 saturated carbocycles. The third-order valence-corrected chi connectivity index (χ3v) is 3.57. The average Bonchev–Trinajstić information content (AvgIpc) is 2.87. The van der Waals surface area contributed by atoms with E-state index in [9.17, 15) is 9.59 Å². The van der Waals surface area contributed by atoms with Gasteiger partial charge in [-0.05, 0) is 39.8 Å². The van der Waals surface area contributed by atoms with E-state index in [1.807, 2.05) is 0 Å². The number of carboxylic acid groups (broad SMARTS) is 1. The Kier molecular flexibility index (Phi) is 5.40. The summed E-state index contributed by atoms with van der Waals surface area (Å²) in [5.41, 5.74) is 0. The number of hydrogen-bond donors (Lipinski definition) is 2. The van der Waals surface area contributed by atoms with Gasteiger partial charge in [0.05, 0.1) is 0 Å². The van der Waals surface area contributed by atoms with Gasteiger partial charge in [0.1, 0.15) is 6.04 Å². The summed E-state index contributed by atoms with van der Waals surface area (Å²) in [4.78, 5) is 26.0. The van der Waals surface area contributed by atoms with Gasteiger partial charge in [-0.3, -0.25) is 4.90 Å². The third kappa shape index (κ3) is 3.87. The zero-order chi connectivity index (χ0) is 13.7. The van der Waals surface area contributed by atoms with Crippen LogP contribution in [0.5, 0.6) is 0 Å². The molecule has 1 fully saturated rings. The van der Waals surface area contributed by atoms with Crippen molar-refractivity contribution in [3.8, 4) is 0 Å². The first-order valence-electron chi connectivity index (χ1n) is 6.41. The lowest BCUT2D eigenvalue weighted by Crippen LogP contribution is -2.49. The van der Waals surface area contributed by atoms with E-state index in [4.69, 9.17) is 5.11 Å². The van der Waals surface area contributed by atoms with Crippen molar-refractivity contribution in [1.29, 1.82) is 0 Å². The summed E-state index contributed by atoms with van der Waals surface area (Å²) in [7, 11) is 1.49. The Hall–Kier alpha value is -1.30. The molecule has 0 aromatic carbocycles. The molecule has 2 atom stereocenters. The van der Waals surface area contributed by atoms with Gasteiger partial charge >= 0.3 is 12.0 Å². The maximum atomic E-state index is 11.7. The molecule has 6 nitrogen and oxygen atoms in total. The van der Waals surface area contributed by atoms with Gasteiger partial charge in [-0.15, -0.1) is 0 Å². The molecule has 0 radical (unpaired) electrons. The first-order valence-corrected chi connectivity index (χ1v) is 6.41. The number of likely N-dealkylation sites (N-methyl/N-ethyl adjacent to an activating group) is 1. The van der Waals surface area contributed by atoms with Gasteiger partial charge in [-0.2, -0.15) is 0 Å². The highest BCUT2D eigenvalue weighted by Crippen LogP contribution is 2.10. The third-order valence-electron chi connectivity index (χ3n) is 3.57. The lowest BCUT2D eigenvalue weighted by Gasteiger charge is -2.26. The van der Waals surface area contributed by atoms with Crippen molar-refractivity contribution in [2.24, 2.45) is 0 Å². The number of likely N-dealkylation sites (tertiary alicyclic amines) is 1. The number of hydrogen-bond acceptors (Lipinski definition) is 3. The van der Waals surface area contributed by atoms with E-state index >= 15 is 0 Å². The van der Waals surface area contributed by atoms with Gasteiger partial charge in [-0.25, -0.2) is 9.59 Å². The second-order valence-electron chi connectivity index (χ2n) is 4.90. The van der Waals surface area contributed by atoms with Crippen molar-refractivity contribution in [2.45, 2.75) is 38.8 Å². The summed E-state index contributed by atoms with van der Waals surface area (Å²) in [6, 6.07) is -0.854.